The van der Waals surface area contributed by atoms with Gasteiger partial charge in [0.1, 0.15) is 11.5 Å². The quantitative estimate of drug-likeness (QED) is 0.644. The predicted octanol–water partition coefficient (Wildman–Crippen LogP) is 2.57. The Balaban J connectivity index is 2.54. The predicted molar refractivity (Wildman–Crippen MR) is 111 cm³/mol. The summed E-state index contributed by atoms with van der Waals surface area (Å²) in [5.41, 5.74) is 2.83. The summed E-state index contributed by atoms with van der Waals surface area (Å²) in [6, 6.07) is 10.5. The van der Waals surface area contributed by atoms with Crippen molar-refractivity contribution in [1.82, 2.24) is 0 Å². The highest BCUT2D eigenvalue weighted by Crippen LogP contribution is 2.41. The average molecular weight is 443 g/mol. The fraction of sp³-hybridized carbons (Fsp3) is 0.368. The molecule has 0 aliphatic carbocycles. The third kappa shape index (κ3) is 5.47. The minimum atomic E-state index is -4.11. The molecule has 0 unspecified atom stereocenters. The van der Waals surface area contributed by atoms with E-state index in [0.29, 0.717) is 11.1 Å². The number of hydrogen-bond acceptors (Lipinski definition) is 6. The maximum absolute atomic E-state index is 11.2. The zero-order valence-electron chi connectivity index (χ0n) is 16.8. The highest BCUT2D eigenvalue weighted by molar-refractivity contribution is 7.85. The van der Waals surface area contributed by atoms with E-state index in [2.05, 4.69) is 13.8 Å². The van der Waals surface area contributed by atoms with E-state index in [1.165, 1.54) is 0 Å². The monoisotopic (exact) mass is 442 g/mol. The molecule has 0 aliphatic heterocycles. The summed E-state index contributed by atoms with van der Waals surface area (Å²) < 4.78 is 54.6. The van der Waals surface area contributed by atoms with Crippen LogP contribution in [0.2, 0.25) is 0 Å². The van der Waals surface area contributed by atoms with Crippen molar-refractivity contribution in [3.63, 3.8) is 0 Å². The Morgan fingerprint density at radius 2 is 1.10 bits per heavy atom. The van der Waals surface area contributed by atoms with Crippen molar-refractivity contribution in [2.24, 2.45) is 10.3 Å². The lowest BCUT2D eigenvalue weighted by Crippen LogP contribution is -2.27. The first-order valence-electron chi connectivity index (χ1n) is 8.98. The maximum Gasteiger partial charge on any atom is 0.380 e. The molecule has 0 heterocycles. The molecule has 29 heavy (non-hydrogen) atoms. The molecule has 0 fully saturated rings. The van der Waals surface area contributed by atoms with Crippen LogP contribution in [0.3, 0.4) is 0 Å². The molecular weight excluding hydrogens is 416 g/mol. The van der Waals surface area contributed by atoms with Crippen LogP contribution in [0, 0.1) is 13.8 Å². The van der Waals surface area contributed by atoms with Crippen molar-refractivity contribution < 1.29 is 25.2 Å². The SMILES string of the molecule is CCC(CC)(c1ccc(OS(N)(=O)=O)c(C)c1)c1ccc(OS(N)(=O)=O)c(C)c1. The van der Waals surface area contributed by atoms with Crippen LogP contribution < -0.4 is 18.6 Å². The molecule has 0 atom stereocenters. The molecule has 160 valence electrons. The van der Waals surface area contributed by atoms with Crippen molar-refractivity contribution in [3.05, 3.63) is 58.7 Å². The number of nitrogens with two attached hydrogens (primary N) is 2. The van der Waals surface area contributed by atoms with Gasteiger partial charge in [-0.25, -0.2) is 0 Å². The molecular formula is C19H26N2O6S2. The third-order valence-corrected chi connectivity index (χ3v) is 5.90. The largest absolute Gasteiger partial charge is 0.380 e. The van der Waals surface area contributed by atoms with E-state index < -0.39 is 20.6 Å². The van der Waals surface area contributed by atoms with E-state index in [1.54, 1.807) is 26.0 Å². The van der Waals surface area contributed by atoms with Gasteiger partial charge in [0.25, 0.3) is 0 Å². The third-order valence-electron chi connectivity index (χ3n) is 5.07. The highest BCUT2D eigenvalue weighted by Gasteiger charge is 2.32. The second-order valence-electron chi connectivity index (χ2n) is 6.90. The van der Waals surface area contributed by atoms with Gasteiger partial charge in [0.2, 0.25) is 0 Å². The van der Waals surface area contributed by atoms with Gasteiger partial charge in [-0.2, -0.15) is 27.1 Å². The first kappa shape index (κ1) is 23.1. The first-order chi connectivity index (χ1) is 13.3. The summed E-state index contributed by atoms with van der Waals surface area (Å²) >= 11 is 0. The Hall–Kier alpha value is -2.14. The number of rotatable bonds is 8. The van der Waals surface area contributed by atoms with E-state index in [1.807, 2.05) is 24.3 Å². The normalized spacial score (nSPS) is 12.6. The molecule has 10 heteroatoms. The summed E-state index contributed by atoms with van der Waals surface area (Å²) in [5.74, 6) is 0.343. The van der Waals surface area contributed by atoms with Crippen LogP contribution in [0.4, 0.5) is 0 Å². The van der Waals surface area contributed by atoms with Crippen LogP contribution in [0.5, 0.6) is 11.5 Å². The smallest absolute Gasteiger partial charge is 0.371 e. The Bertz CT molecular complexity index is 1020. The summed E-state index contributed by atoms with van der Waals surface area (Å²) in [6.07, 6.45) is 1.51. The molecule has 0 saturated heterocycles. The van der Waals surface area contributed by atoms with Gasteiger partial charge < -0.3 is 8.37 Å². The van der Waals surface area contributed by atoms with Crippen molar-refractivity contribution in [3.8, 4) is 11.5 Å². The number of aryl methyl sites for hydroxylation is 2. The first-order valence-corrected chi connectivity index (χ1v) is 11.9. The molecule has 2 rings (SSSR count). The minimum Gasteiger partial charge on any atom is -0.371 e. The van der Waals surface area contributed by atoms with Gasteiger partial charge in [0.05, 0.1) is 0 Å². The van der Waals surface area contributed by atoms with Crippen molar-refractivity contribution in [2.75, 3.05) is 0 Å². The van der Waals surface area contributed by atoms with E-state index in [-0.39, 0.29) is 16.9 Å². The molecule has 0 radical (unpaired) electrons. The Morgan fingerprint density at radius 3 is 1.34 bits per heavy atom. The Morgan fingerprint density at radius 1 is 0.759 bits per heavy atom. The molecule has 0 saturated carbocycles. The lowest BCUT2D eigenvalue weighted by molar-refractivity contribution is 0.470. The van der Waals surface area contributed by atoms with Crippen molar-refractivity contribution >= 4 is 20.6 Å². The maximum atomic E-state index is 11.2. The van der Waals surface area contributed by atoms with Crippen LogP contribution in [-0.4, -0.2) is 16.8 Å². The molecule has 0 aliphatic rings. The molecule has 2 aromatic rings. The average Bonchev–Trinajstić information content (AvgIpc) is 2.59. The zero-order valence-corrected chi connectivity index (χ0v) is 18.4. The van der Waals surface area contributed by atoms with Gasteiger partial charge in [-0.1, -0.05) is 38.1 Å². The molecule has 4 N–H and O–H groups in total. The number of benzene rings is 2. The van der Waals surface area contributed by atoms with E-state index >= 15 is 0 Å². The molecule has 0 bridgehead atoms. The van der Waals surface area contributed by atoms with Crippen LogP contribution >= 0.6 is 0 Å². The van der Waals surface area contributed by atoms with Crippen LogP contribution in [0.25, 0.3) is 0 Å². The summed E-state index contributed by atoms with van der Waals surface area (Å²) in [6.45, 7) is 7.60. The van der Waals surface area contributed by atoms with Crippen LogP contribution in [-0.2, 0) is 26.0 Å². The summed E-state index contributed by atoms with van der Waals surface area (Å²) in [4.78, 5) is 0. The zero-order chi connectivity index (χ0) is 22.0. The lowest BCUT2D eigenvalue weighted by Gasteiger charge is -2.34. The van der Waals surface area contributed by atoms with Crippen LogP contribution in [0.1, 0.15) is 48.9 Å². The topological polar surface area (TPSA) is 139 Å². The molecule has 0 aromatic heterocycles. The van der Waals surface area contributed by atoms with Gasteiger partial charge in [0.15, 0.2) is 0 Å². The Kier molecular flexibility index (Phi) is 6.63. The van der Waals surface area contributed by atoms with Gasteiger partial charge in [-0.05, 0) is 61.1 Å². The second-order valence-corrected chi connectivity index (χ2v) is 9.21. The summed E-state index contributed by atoms with van der Waals surface area (Å²) in [5, 5.41) is 9.93. The minimum absolute atomic E-state index is 0.172. The van der Waals surface area contributed by atoms with Gasteiger partial charge in [-0.15, -0.1) is 0 Å². The fourth-order valence-corrected chi connectivity index (χ4v) is 4.44. The summed E-state index contributed by atoms with van der Waals surface area (Å²) in [7, 11) is -8.22. The molecule has 8 nitrogen and oxygen atoms in total. The van der Waals surface area contributed by atoms with E-state index in [9.17, 15) is 16.8 Å². The standard InChI is InChI=1S/C19H26N2O6S2/c1-5-19(6-2,15-7-9-17(13(3)11-15)26-28(20,22)23)16-8-10-18(14(4)12-16)27-29(21,24)25/h7-12H,5-6H2,1-4H3,(H2,20,22,23)(H2,21,24,25). The molecule has 0 amide bonds. The van der Waals surface area contributed by atoms with Crippen molar-refractivity contribution in [2.45, 2.75) is 46.0 Å². The fourth-order valence-electron chi connectivity index (χ4n) is 3.56. The van der Waals surface area contributed by atoms with E-state index in [0.717, 1.165) is 24.0 Å². The number of hydrogen-bond donors (Lipinski definition) is 2. The molecule has 0 spiro atoms. The lowest BCUT2D eigenvalue weighted by atomic mass is 9.70. The van der Waals surface area contributed by atoms with Crippen LogP contribution in [0.15, 0.2) is 36.4 Å². The van der Waals surface area contributed by atoms with E-state index in [4.69, 9.17) is 18.6 Å². The van der Waals surface area contributed by atoms with Gasteiger partial charge in [0, 0.05) is 5.41 Å². The van der Waals surface area contributed by atoms with Crippen molar-refractivity contribution in [1.29, 1.82) is 0 Å². The second kappa shape index (κ2) is 8.31. The Labute approximate surface area is 172 Å². The molecule has 2 aromatic carbocycles. The van der Waals surface area contributed by atoms with Gasteiger partial charge in [-0.3, -0.25) is 0 Å². The highest BCUT2D eigenvalue weighted by atomic mass is 32.2. The van der Waals surface area contributed by atoms with Gasteiger partial charge >= 0.3 is 20.6 Å².